The Balaban J connectivity index is 1.30. The van der Waals surface area contributed by atoms with E-state index < -0.39 is 29.8 Å². The molecule has 2 N–H and O–H groups in total. The second-order valence-corrected chi connectivity index (χ2v) is 10.9. The first-order valence-corrected chi connectivity index (χ1v) is 14.2. The molecule has 1 aliphatic carbocycles. The molecule has 2 atom stereocenters. The molecule has 0 radical (unpaired) electrons. The molecule has 0 aromatic heterocycles. The van der Waals surface area contributed by atoms with Gasteiger partial charge in [0.2, 0.25) is 0 Å². The Morgan fingerprint density at radius 1 is 1.05 bits per heavy atom. The zero-order valence-corrected chi connectivity index (χ0v) is 23.6. The van der Waals surface area contributed by atoms with E-state index in [1.807, 2.05) is 12.1 Å². The van der Waals surface area contributed by atoms with Gasteiger partial charge in [-0.05, 0) is 60.7 Å². The zero-order valence-electron chi connectivity index (χ0n) is 23.6. The van der Waals surface area contributed by atoms with E-state index in [1.165, 1.54) is 30.2 Å². The van der Waals surface area contributed by atoms with Crippen molar-refractivity contribution in [2.24, 2.45) is 5.92 Å². The van der Waals surface area contributed by atoms with Crippen LogP contribution in [0.3, 0.4) is 0 Å². The number of halogens is 1. The lowest BCUT2D eigenvalue weighted by Crippen LogP contribution is -2.45. The van der Waals surface area contributed by atoms with Crippen LogP contribution in [0.1, 0.15) is 39.1 Å². The Labute approximate surface area is 248 Å². The summed E-state index contributed by atoms with van der Waals surface area (Å²) in [7, 11) is 1.37. The van der Waals surface area contributed by atoms with Crippen molar-refractivity contribution in [3.05, 3.63) is 83.2 Å². The summed E-state index contributed by atoms with van der Waals surface area (Å²) in [4.78, 5) is 41.0. The van der Waals surface area contributed by atoms with Gasteiger partial charge in [0.25, 0.3) is 17.7 Å². The Morgan fingerprint density at radius 3 is 2.63 bits per heavy atom. The molecule has 3 amide bonds. The van der Waals surface area contributed by atoms with Crippen LogP contribution in [0.5, 0.6) is 23.0 Å². The van der Waals surface area contributed by atoms with Crippen molar-refractivity contribution in [3.8, 4) is 23.0 Å². The number of methoxy groups -OCH3 is 1. The van der Waals surface area contributed by atoms with Crippen molar-refractivity contribution in [2.45, 2.75) is 31.5 Å². The highest BCUT2D eigenvalue weighted by molar-refractivity contribution is 5.98. The maximum Gasteiger partial charge on any atom is 0.260 e. The molecule has 1 saturated heterocycles. The van der Waals surface area contributed by atoms with Crippen LogP contribution >= 0.6 is 0 Å². The van der Waals surface area contributed by atoms with E-state index in [-0.39, 0.29) is 49.0 Å². The Bertz CT molecular complexity index is 1530. The lowest BCUT2D eigenvalue weighted by molar-refractivity contribution is -0.123. The summed E-state index contributed by atoms with van der Waals surface area (Å²) < 4.78 is 38.0. The number of ether oxygens (including phenoxy) is 4. The van der Waals surface area contributed by atoms with Gasteiger partial charge in [0, 0.05) is 24.7 Å². The molecule has 0 spiro atoms. The van der Waals surface area contributed by atoms with Crippen molar-refractivity contribution in [1.82, 2.24) is 15.5 Å². The maximum absolute atomic E-state index is 14.8. The molecular weight excluding hydrogens is 557 g/mol. The molecule has 43 heavy (non-hydrogen) atoms. The van der Waals surface area contributed by atoms with Gasteiger partial charge in [-0.1, -0.05) is 18.2 Å². The van der Waals surface area contributed by atoms with Crippen LogP contribution in [-0.4, -0.2) is 68.2 Å². The standard InChI is InChI=1S/C32H32FN3O7/c1-40-27-4-2-3-25(33)30(27)32(39)36-15-26-28(16-36)43-22-9-7-19(8-10-22)14-34-29(37)18-42-24-12-21(31(38)35-26)11-23(13-24)41-17-20-5-6-20/h2-4,7-13,20,26,28H,5-6,14-18H2,1H3,(H,34,37)(H,35,38)/t26-,28-/m0/s1. The number of nitrogens with one attached hydrogen (secondary N) is 2. The van der Waals surface area contributed by atoms with Crippen LogP contribution in [0.15, 0.2) is 60.7 Å². The highest BCUT2D eigenvalue weighted by Gasteiger charge is 2.40. The topological polar surface area (TPSA) is 115 Å². The summed E-state index contributed by atoms with van der Waals surface area (Å²) in [6.45, 7) is 0.743. The first-order chi connectivity index (χ1) is 20.9. The lowest BCUT2D eigenvalue weighted by Gasteiger charge is -2.21. The van der Waals surface area contributed by atoms with Crippen LogP contribution in [-0.2, 0) is 11.3 Å². The minimum absolute atomic E-state index is 0.0739. The molecule has 2 fully saturated rings. The molecule has 3 aromatic carbocycles. The number of hydrogen-bond acceptors (Lipinski definition) is 7. The predicted octanol–water partition coefficient (Wildman–Crippen LogP) is 3.33. The molecule has 3 aliphatic heterocycles. The highest BCUT2D eigenvalue weighted by Crippen LogP contribution is 2.31. The zero-order chi connectivity index (χ0) is 29.9. The van der Waals surface area contributed by atoms with E-state index in [4.69, 9.17) is 18.9 Å². The third kappa shape index (κ3) is 6.66. The third-order valence-corrected chi connectivity index (χ3v) is 7.67. The number of carbonyl (C=O) groups is 3. The fourth-order valence-corrected chi connectivity index (χ4v) is 5.12. The maximum atomic E-state index is 14.8. The van der Waals surface area contributed by atoms with E-state index in [0.717, 1.165) is 18.4 Å². The van der Waals surface area contributed by atoms with E-state index >= 15 is 0 Å². The second kappa shape index (κ2) is 12.2. The largest absolute Gasteiger partial charge is 0.496 e. The molecule has 3 heterocycles. The molecule has 224 valence electrons. The first-order valence-electron chi connectivity index (χ1n) is 14.2. The van der Waals surface area contributed by atoms with Crippen LogP contribution in [0.25, 0.3) is 0 Å². The van der Waals surface area contributed by atoms with Crippen LogP contribution in [0, 0.1) is 11.7 Å². The number of amides is 3. The van der Waals surface area contributed by atoms with E-state index in [0.29, 0.717) is 29.8 Å². The quantitative estimate of drug-likeness (QED) is 0.469. The smallest absolute Gasteiger partial charge is 0.260 e. The Kier molecular flexibility index (Phi) is 8.04. The highest BCUT2D eigenvalue weighted by atomic mass is 19.1. The summed E-state index contributed by atoms with van der Waals surface area (Å²) in [5.41, 5.74) is 0.928. The van der Waals surface area contributed by atoms with Crippen molar-refractivity contribution in [3.63, 3.8) is 0 Å². The van der Waals surface area contributed by atoms with Gasteiger partial charge in [-0.15, -0.1) is 0 Å². The molecule has 4 aliphatic rings. The molecule has 10 nitrogen and oxygen atoms in total. The number of nitrogens with zero attached hydrogens (tertiary/aromatic N) is 1. The van der Waals surface area contributed by atoms with Gasteiger partial charge in [0.05, 0.1) is 26.3 Å². The third-order valence-electron chi connectivity index (χ3n) is 7.67. The SMILES string of the molecule is COc1cccc(F)c1C(=O)N1C[C@@H]2NC(=O)c3cc(cc(OCC4CC4)c3)OCC(=O)NCc3ccc(cc3)O[C@H]2C1. The number of rotatable bonds is 5. The summed E-state index contributed by atoms with van der Waals surface area (Å²) >= 11 is 0. The number of hydrogen-bond donors (Lipinski definition) is 2. The number of carbonyl (C=O) groups excluding carboxylic acids is 3. The fourth-order valence-electron chi connectivity index (χ4n) is 5.12. The number of benzene rings is 3. The Morgan fingerprint density at radius 2 is 1.86 bits per heavy atom. The average Bonchev–Trinajstić information content (AvgIpc) is 3.77. The van der Waals surface area contributed by atoms with Crippen molar-refractivity contribution < 1.29 is 37.7 Å². The summed E-state index contributed by atoms with van der Waals surface area (Å²) in [6.07, 6.45) is 1.56. The molecule has 7 rings (SSSR count). The van der Waals surface area contributed by atoms with E-state index in [1.54, 1.807) is 30.3 Å². The fraction of sp³-hybridized carbons (Fsp3) is 0.344. The van der Waals surface area contributed by atoms with Gasteiger partial charge in [0.15, 0.2) is 6.61 Å². The van der Waals surface area contributed by atoms with Crippen LogP contribution < -0.4 is 29.6 Å². The van der Waals surface area contributed by atoms with Crippen molar-refractivity contribution >= 4 is 17.7 Å². The summed E-state index contributed by atoms with van der Waals surface area (Å²) in [6, 6.07) is 15.5. The summed E-state index contributed by atoms with van der Waals surface area (Å²) in [5.74, 6) is -0.140. The molecular formula is C32H32FN3O7. The van der Waals surface area contributed by atoms with E-state index in [2.05, 4.69) is 10.6 Å². The second-order valence-electron chi connectivity index (χ2n) is 10.9. The van der Waals surface area contributed by atoms with Gasteiger partial charge in [-0.3, -0.25) is 14.4 Å². The predicted molar refractivity (Wildman–Crippen MR) is 153 cm³/mol. The van der Waals surface area contributed by atoms with E-state index in [9.17, 15) is 18.8 Å². The van der Waals surface area contributed by atoms with Gasteiger partial charge in [0.1, 0.15) is 40.5 Å². The van der Waals surface area contributed by atoms with Crippen LogP contribution in [0.4, 0.5) is 4.39 Å². The summed E-state index contributed by atoms with van der Waals surface area (Å²) in [5, 5.41) is 5.81. The normalized spacial score (nSPS) is 20.2. The monoisotopic (exact) mass is 589 g/mol. The molecule has 3 aromatic rings. The molecule has 0 unspecified atom stereocenters. The average molecular weight is 590 g/mol. The van der Waals surface area contributed by atoms with Gasteiger partial charge < -0.3 is 34.5 Å². The molecule has 1 saturated carbocycles. The minimum Gasteiger partial charge on any atom is -0.496 e. The lowest BCUT2D eigenvalue weighted by atomic mass is 10.1. The van der Waals surface area contributed by atoms with Crippen LogP contribution in [0.2, 0.25) is 0 Å². The van der Waals surface area contributed by atoms with Crippen molar-refractivity contribution in [2.75, 3.05) is 33.4 Å². The van der Waals surface area contributed by atoms with Gasteiger partial charge in [-0.25, -0.2) is 4.39 Å². The number of likely N-dealkylation sites (tertiary alicyclic amines) is 1. The Hall–Kier alpha value is -4.80. The van der Waals surface area contributed by atoms with Crippen molar-refractivity contribution in [1.29, 1.82) is 0 Å². The first kappa shape index (κ1) is 28.3. The molecule has 11 heteroatoms. The van der Waals surface area contributed by atoms with Gasteiger partial charge >= 0.3 is 0 Å². The number of fused-ring (bicyclic) bond motifs is 7. The van der Waals surface area contributed by atoms with Gasteiger partial charge in [-0.2, -0.15) is 0 Å². The molecule has 4 bridgehead atoms. The minimum atomic E-state index is -0.700.